The fraction of sp³-hybridized carbons (Fsp3) is 0.409. The Hall–Kier alpha value is -2.21. The van der Waals surface area contributed by atoms with Crippen molar-refractivity contribution in [2.45, 2.75) is 26.6 Å². The van der Waals surface area contributed by atoms with Crippen molar-refractivity contribution in [2.24, 2.45) is 0 Å². The summed E-state index contributed by atoms with van der Waals surface area (Å²) in [6, 6.07) is 15.7. The van der Waals surface area contributed by atoms with Gasteiger partial charge in [0.2, 0.25) is 0 Å². The van der Waals surface area contributed by atoms with Crippen molar-refractivity contribution >= 4 is 5.97 Å². The van der Waals surface area contributed by atoms with Gasteiger partial charge in [0.1, 0.15) is 0 Å². The molecule has 2 aromatic carbocycles. The lowest BCUT2D eigenvalue weighted by atomic mass is 10.1. The summed E-state index contributed by atoms with van der Waals surface area (Å²) in [4.78, 5) is 16.0. The van der Waals surface area contributed by atoms with Crippen LogP contribution in [0.15, 0.2) is 48.5 Å². The van der Waals surface area contributed by atoms with Gasteiger partial charge in [-0.05, 0) is 35.4 Å². The number of nitrogens with one attached hydrogen (secondary N) is 1. The van der Waals surface area contributed by atoms with E-state index in [9.17, 15) is 4.79 Å². The third-order valence-electron chi connectivity index (χ3n) is 5.27. The molecule has 0 spiro atoms. The third kappa shape index (κ3) is 5.63. The minimum Gasteiger partial charge on any atom is -0.478 e. The molecule has 1 heterocycles. The van der Waals surface area contributed by atoms with Crippen LogP contribution in [0.25, 0.3) is 0 Å². The van der Waals surface area contributed by atoms with E-state index < -0.39 is 5.97 Å². The molecule has 27 heavy (non-hydrogen) atoms. The van der Waals surface area contributed by atoms with Gasteiger partial charge in [-0.3, -0.25) is 4.90 Å². The lowest BCUT2D eigenvalue weighted by molar-refractivity contribution is 0.0697. The van der Waals surface area contributed by atoms with E-state index in [1.165, 1.54) is 11.1 Å². The molecule has 0 saturated carbocycles. The summed E-state index contributed by atoms with van der Waals surface area (Å²) in [5, 5.41) is 12.5. The van der Waals surface area contributed by atoms with Gasteiger partial charge in [0.05, 0.1) is 5.56 Å². The number of carbonyl (C=O) groups is 1. The van der Waals surface area contributed by atoms with Crippen LogP contribution >= 0.6 is 0 Å². The molecule has 3 rings (SSSR count). The van der Waals surface area contributed by atoms with Gasteiger partial charge in [-0.25, -0.2) is 4.79 Å². The summed E-state index contributed by atoms with van der Waals surface area (Å²) in [5.41, 5.74) is 4.13. The number of aromatic carboxylic acids is 1. The first-order chi connectivity index (χ1) is 13.2. The van der Waals surface area contributed by atoms with E-state index in [0.717, 1.165) is 57.9 Å². The third-order valence-corrected chi connectivity index (χ3v) is 5.27. The first-order valence-corrected chi connectivity index (χ1v) is 9.70. The van der Waals surface area contributed by atoms with E-state index in [1.54, 1.807) is 12.1 Å². The molecule has 1 fully saturated rings. The topological polar surface area (TPSA) is 55.8 Å². The zero-order valence-corrected chi connectivity index (χ0v) is 16.0. The summed E-state index contributed by atoms with van der Waals surface area (Å²) in [6.45, 7) is 10.5. The number of carboxylic acids is 1. The van der Waals surface area contributed by atoms with Gasteiger partial charge in [0, 0.05) is 45.8 Å². The predicted molar refractivity (Wildman–Crippen MR) is 108 cm³/mol. The van der Waals surface area contributed by atoms with Gasteiger partial charge in [0.25, 0.3) is 0 Å². The molecule has 0 aromatic heterocycles. The van der Waals surface area contributed by atoms with Crippen LogP contribution in [-0.4, -0.2) is 53.6 Å². The highest BCUT2D eigenvalue weighted by Gasteiger charge is 2.16. The molecular weight excluding hydrogens is 338 g/mol. The molecule has 0 amide bonds. The summed E-state index contributed by atoms with van der Waals surface area (Å²) in [6.07, 6.45) is 0. The van der Waals surface area contributed by atoms with E-state index >= 15 is 0 Å². The SMILES string of the molecule is CCN1CCN(Cc2ccccc2CNCc2ccc(C(=O)O)cc2)CC1. The van der Waals surface area contributed by atoms with E-state index in [1.807, 2.05) is 12.1 Å². The molecule has 0 bridgehead atoms. The highest BCUT2D eigenvalue weighted by molar-refractivity contribution is 5.87. The Balaban J connectivity index is 1.52. The van der Waals surface area contributed by atoms with Crippen molar-refractivity contribution in [1.29, 1.82) is 0 Å². The number of rotatable bonds is 8. The fourth-order valence-corrected chi connectivity index (χ4v) is 3.50. The molecule has 0 radical (unpaired) electrons. The van der Waals surface area contributed by atoms with Gasteiger partial charge >= 0.3 is 5.97 Å². The average molecular weight is 367 g/mol. The Morgan fingerprint density at radius 2 is 1.56 bits per heavy atom. The highest BCUT2D eigenvalue weighted by Crippen LogP contribution is 2.14. The molecule has 1 aliphatic rings. The molecule has 2 N–H and O–H groups in total. The van der Waals surface area contributed by atoms with Crippen LogP contribution in [0.4, 0.5) is 0 Å². The summed E-state index contributed by atoms with van der Waals surface area (Å²) < 4.78 is 0. The maximum absolute atomic E-state index is 10.9. The maximum atomic E-state index is 10.9. The van der Waals surface area contributed by atoms with Crippen molar-refractivity contribution in [3.63, 3.8) is 0 Å². The summed E-state index contributed by atoms with van der Waals surface area (Å²) in [7, 11) is 0. The molecule has 5 nitrogen and oxygen atoms in total. The van der Waals surface area contributed by atoms with Crippen LogP contribution in [0.5, 0.6) is 0 Å². The van der Waals surface area contributed by atoms with Crippen LogP contribution in [0.1, 0.15) is 34.0 Å². The molecule has 2 aromatic rings. The fourth-order valence-electron chi connectivity index (χ4n) is 3.50. The highest BCUT2D eigenvalue weighted by atomic mass is 16.4. The van der Waals surface area contributed by atoms with Gasteiger partial charge < -0.3 is 15.3 Å². The minimum atomic E-state index is -0.886. The molecule has 1 saturated heterocycles. The second-order valence-corrected chi connectivity index (χ2v) is 7.08. The Kier molecular flexibility index (Phi) is 6.98. The molecule has 1 aliphatic heterocycles. The zero-order valence-electron chi connectivity index (χ0n) is 16.0. The Morgan fingerprint density at radius 3 is 2.19 bits per heavy atom. The number of likely N-dealkylation sites (N-methyl/N-ethyl adjacent to an activating group) is 1. The van der Waals surface area contributed by atoms with Crippen LogP contribution in [0.2, 0.25) is 0 Å². The normalized spacial score (nSPS) is 15.7. The quantitative estimate of drug-likeness (QED) is 0.751. The first-order valence-electron chi connectivity index (χ1n) is 9.70. The molecular formula is C22H29N3O2. The summed E-state index contributed by atoms with van der Waals surface area (Å²) >= 11 is 0. The second-order valence-electron chi connectivity index (χ2n) is 7.08. The van der Waals surface area contributed by atoms with Gasteiger partial charge in [0.15, 0.2) is 0 Å². The van der Waals surface area contributed by atoms with Crippen molar-refractivity contribution in [1.82, 2.24) is 15.1 Å². The van der Waals surface area contributed by atoms with Gasteiger partial charge in [-0.15, -0.1) is 0 Å². The van der Waals surface area contributed by atoms with Crippen molar-refractivity contribution < 1.29 is 9.90 Å². The number of carboxylic acid groups (broad SMARTS) is 1. The Bertz CT molecular complexity index is 737. The van der Waals surface area contributed by atoms with Crippen molar-refractivity contribution in [3.05, 3.63) is 70.8 Å². The molecule has 0 unspecified atom stereocenters. The smallest absolute Gasteiger partial charge is 0.335 e. The largest absolute Gasteiger partial charge is 0.478 e. The number of nitrogens with zero attached hydrogens (tertiary/aromatic N) is 2. The molecule has 0 atom stereocenters. The Morgan fingerprint density at radius 1 is 0.926 bits per heavy atom. The first kappa shape index (κ1) is 19.5. The van der Waals surface area contributed by atoms with Crippen LogP contribution in [0.3, 0.4) is 0 Å². The maximum Gasteiger partial charge on any atom is 0.335 e. The minimum absolute atomic E-state index is 0.326. The average Bonchev–Trinajstić information content (AvgIpc) is 2.70. The lowest BCUT2D eigenvalue weighted by Gasteiger charge is -2.34. The Labute approximate surface area is 161 Å². The van der Waals surface area contributed by atoms with Crippen LogP contribution < -0.4 is 5.32 Å². The predicted octanol–water partition coefficient (Wildman–Crippen LogP) is 2.81. The van der Waals surface area contributed by atoms with E-state index in [4.69, 9.17) is 5.11 Å². The monoisotopic (exact) mass is 367 g/mol. The van der Waals surface area contributed by atoms with Gasteiger partial charge in [-0.1, -0.05) is 43.3 Å². The van der Waals surface area contributed by atoms with E-state index in [0.29, 0.717) is 5.56 Å². The number of hydrogen-bond acceptors (Lipinski definition) is 4. The standard InChI is InChI=1S/C22H29N3O2/c1-2-24-11-13-25(14-12-24)17-21-6-4-3-5-20(21)16-23-15-18-7-9-19(10-8-18)22(26)27/h3-10,23H,2,11-17H2,1H3,(H,26,27). The van der Waals surface area contributed by atoms with Crippen molar-refractivity contribution in [3.8, 4) is 0 Å². The number of hydrogen-bond donors (Lipinski definition) is 2. The van der Waals surface area contributed by atoms with E-state index in [-0.39, 0.29) is 0 Å². The van der Waals surface area contributed by atoms with Crippen LogP contribution in [0, 0.1) is 0 Å². The van der Waals surface area contributed by atoms with Gasteiger partial charge in [-0.2, -0.15) is 0 Å². The second kappa shape index (κ2) is 9.65. The van der Waals surface area contributed by atoms with Crippen molar-refractivity contribution in [2.75, 3.05) is 32.7 Å². The zero-order chi connectivity index (χ0) is 19.1. The number of benzene rings is 2. The molecule has 144 valence electrons. The molecule has 0 aliphatic carbocycles. The number of piperazine rings is 1. The lowest BCUT2D eigenvalue weighted by Crippen LogP contribution is -2.45. The van der Waals surface area contributed by atoms with Crippen LogP contribution in [-0.2, 0) is 19.6 Å². The molecule has 5 heteroatoms. The van der Waals surface area contributed by atoms with E-state index in [2.05, 4.69) is 46.3 Å². The summed E-state index contributed by atoms with van der Waals surface area (Å²) in [5.74, 6) is -0.886.